The number of hydrogen-bond donors (Lipinski definition) is 1. The molecule has 0 aliphatic carbocycles. The third-order valence-electron chi connectivity index (χ3n) is 7.07. The summed E-state index contributed by atoms with van der Waals surface area (Å²) >= 11 is 0. The predicted molar refractivity (Wildman–Crippen MR) is 146 cm³/mol. The Labute approximate surface area is 246 Å². The van der Waals surface area contributed by atoms with Gasteiger partial charge in [-0.2, -0.15) is 0 Å². The first kappa shape index (κ1) is 28.3. The summed E-state index contributed by atoms with van der Waals surface area (Å²) in [4.78, 5) is 20.8. The van der Waals surface area contributed by atoms with Gasteiger partial charge in [-0.05, 0) is 73.3 Å². The van der Waals surface area contributed by atoms with Crippen molar-refractivity contribution in [1.82, 2.24) is 14.5 Å². The number of aliphatic carboxylic acids is 1. The predicted octanol–water partition coefficient (Wildman–Crippen LogP) is 2.11. The molecule has 1 saturated heterocycles. The number of halogens is 1. The fourth-order valence-electron chi connectivity index (χ4n) is 5.14. The summed E-state index contributed by atoms with van der Waals surface area (Å²) in [6, 6.07) is 22.9. The van der Waals surface area contributed by atoms with Crippen LogP contribution in [0.2, 0.25) is 0 Å². The second-order valence-electron chi connectivity index (χ2n) is 9.79. The van der Waals surface area contributed by atoms with Gasteiger partial charge in [0, 0.05) is 19.6 Å². The Hall–Kier alpha value is -2.71. The van der Waals surface area contributed by atoms with Crippen molar-refractivity contribution in [2.75, 3.05) is 37.6 Å². The van der Waals surface area contributed by atoms with E-state index < -0.39 is 5.97 Å². The summed E-state index contributed by atoms with van der Waals surface area (Å²) in [6.07, 6.45) is 3.14. The molecule has 1 aromatic heterocycles. The monoisotopic (exact) mass is 524 g/mol. The number of benzene rings is 3. The number of carboxylic acids is 1. The summed E-state index contributed by atoms with van der Waals surface area (Å²) in [5.41, 5.74) is 5.22. The number of carbonyl (C=O) groups is 1. The van der Waals surface area contributed by atoms with E-state index in [1.165, 1.54) is 17.7 Å². The van der Waals surface area contributed by atoms with Gasteiger partial charge >= 0.3 is 35.5 Å². The van der Waals surface area contributed by atoms with E-state index in [0.29, 0.717) is 6.54 Å². The van der Waals surface area contributed by atoms with Gasteiger partial charge in [0.05, 0.1) is 24.0 Å². The van der Waals surface area contributed by atoms with E-state index in [4.69, 9.17) is 10.1 Å². The van der Waals surface area contributed by atoms with Gasteiger partial charge in [-0.3, -0.25) is 4.79 Å². The van der Waals surface area contributed by atoms with Gasteiger partial charge in [-0.1, -0.05) is 48.5 Å². The van der Waals surface area contributed by atoms with Crippen LogP contribution in [-0.2, 0) is 24.2 Å². The Balaban J connectivity index is 0.00000210. The molecule has 1 aliphatic rings. The van der Waals surface area contributed by atoms with Crippen molar-refractivity contribution in [3.63, 3.8) is 0 Å². The number of hydrogen-bond acceptors (Lipinski definition) is 4. The SMILES string of the molecule is O=C(O)Cc1ccc(CCN2CCCN(c3nc4ccccc4n3Cc3ccc(F)cc3)CCC2)cc1.[H-].[Na+]. The van der Waals surface area contributed by atoms with E-state index >= 15 is 0 Å². The van der Waals surface area contributed by atoms with Gasteiger partial charge in [0.25, 0.3) is 0 Å². The van der Waals surface area contributed by atoms with Crippen LogP contribution in [0.15, 0.2) is 72.8 Å². The second-order valence-corrected chi connectivity index (χ2v) is 9.79. The summed E-state index contributed by atoms with van der Waals surface area (Å²) in [6.45, 7) is 5.60. The van der Waals surface area contributed by atoms with Crippen molar-refractivity contribution in [2.24, 2.45) is 0 Å². The molecule has 0 saturated carbocycles. The number of aromatic nitrogens is 2. The Morgan fingerprint density at radius 2 is 1.50 bits per heavy atom. The minimum atomic E-state index is -0.798. The van der Waals surface area contributed by atoms with Crippen LogP contribution in [0.3, 0.4) is 0 Å². The molecule has 0 radical (unpaired) electrons. The van der Waals surface area contributed by atoms with Gasteiger partial charge in [0.2, 0.25) is 5.95 Å². The minimum absolute atomic E-state index is 0. The molecular weight excluding hydrogens is 490 g/mol. The van der Waals surface area contributed by atoms with E-state index in [0.717, 1.165) is 80.1 Å². The Bertz CT molecular complexity index is 1340. The van der Waals surface area contributed by atoms with E-state index in [-0.39, 0.29) is 43.2 Å². The zero-order valence-electron chi connectivity index (χ0n) is 23.0. The molecule has 0 spiro atoms. The third kappa shape index (κ3) is 7.23. The molecule has 0 unspecified atom stereocenters. The number of nitrogens with zero attached hydrogens (tertiary/aromatic N) is 4. The van der Waals surface area contributed by atoms with E-state index in [9.17, 15) is 9.18 Å². The van der Waals surface area contributed by atoms with Gasteiger partial charge in [0.1, 0.15) is 5.82 Å². The molecule has 3 aromatic carbocycles. The van der Waals surface area contributed by atoms with Gasteiger partial charge in [-0.25, -0.2) is 9.37 Å². The van der Waals surface area contributed by atoms with Gasteiger partial charge in [0.15, 0.2) is 0 Å². The van der Waals surface area contributed by atoms with Crippen LogP contribution in [0, 0.1) is 5.82 Å². The summed E-state index contributed by atoms with van der Waals surface area (Å²) < 4.78 is 15.7. The molecule has 1 N–H and O–H groups in total. The topological polar surface area (TPSA) is 61.6 Å². The summed E-state index contributed by atoms with van der Waals surface area (Å²) in [5, 5.41) is 8.95. The fraction of sp³-hybridized carbons (Fsp3) is 0.333. The maximum absolute atomic E-state index is 13.5. The minimum Gasteiger partial charge on any atom is -1.00 e. The molecule has 1 aliphatic heterocycles. The molecule has 8 heteroatoms. The Morgan fingerprint density at radius 1 is 0.868 bits per heavy atom. The third-order valence-corrected chi connectivity index (χ3v) is 7.07. The number of fused-ring (bicyclic) bond motifs is 1. The molecule has 0 bridgehead atoms. The Morgan fingerprint density at radius 3 is 2.18 bits per heavy atom. The van der Waals surface area contributed by atoms with Crippen molar-refractivity contribution in [2.45, 2.75) is 32.2 Å². The first-order valence-electron chi connectivity index (χ1n) is 13.0. The molecule has 2 heterocycles. The van der Waals surface area contributed by atoms with Gasteiger partial charge < -0.3 is 20.9 Å². The van der Waals surface area contributed by atoms with Gasteiger partial charge in [-0.15, -0.1) is 0 Å². The molecule has 4 aromatic rings. The molecule has 194 valence electrons. The molecule has 0 atom stereocenters. The molecule has 1 fully saturated rings. The van der Waals surface area contributed by atoms with Crippen molar-refractivity contribution < 1.29 is 45.3 Å². The van der Waals surface area contributed by atoms with E-state index in [1.54, 1.807) is 0 Å². The van der Waals surface area contributed by atoms with Crippen LogP contribution < -0.4 is 34.5 Å². The quantitative estimate of drug-likeness (QED) is 0.358. The van der Waals surface area contributed by atoms with Crippen molar-refractivity contribution in [3.8, 4) is 0 Å². The zero-order chi connectivity index (χ0) is 25.6. The van der Waals surface area contributed by atoms with E-state index in [2.05, 4.69) is 38.6 Å². The fourth-order valence-corrected chi connectivity index (χ4v) is 5.14. The molecule has 38 heavy (non-hydrogen) atoms. The maximum Gasteiger partial charge on any atom is 1.00 e. The summed E-state index contributed by atoms with van der Waals surface area (Å²) in [5.74, 6) is -0.0307. The molecular formula is C30H34FN4NaO2. The number of para-hydroxylation sites is 2. The van der Waals surface area contributed by atoms with Crippen LogP contribution in [0.25, 0.3) is 11.0 Å². The van der Waals surface area contributed by atoms with E-state index in [1.807, 2.05) is 36.4 Å². The standard InChI is InChI=1S/C30H33FN4O2.Na.H/c31-26-13-11-25(12-14-26)22-35-28-6-2-1-5-27(28)32-30(35)34-18-3-16-33(17-4-19-34)20-15-23-7-9-24(10-8-23)21-29(36)37;;/h1-2,5-14H,3-4,15-22H2,(H,36,37);;/q;+1;-1. The number of rotatable bonds is 8. The zero-order valence-corrected chi connectivity index (χ0v) is 24.0. The maximum atomic E-state index is 13.5. The Kier molecular flexibility index (Phi) is 9.97. The summed E-state index contributed by atoms with van der Waals surface area (Å²) in [7, 11) is 0. The van der Waals surface area contributed by atoms with Crippen LogP contribution in [0.5, 0.6) is 0 Å². The van der Waals surface area contributed by atoms with Crippen molar-refractivity contribution in [3.05, 3.63) is 95.3 Å². The number of carboxylic acid groups (broad SMARTS) is 1. The first-order chi connectivity index (χ1) is 18.0. The average molecular weight is 525 g/mol. The number of anilines is 1. The first-order valence-corrected chi connectivity index (χ1v) is 13.0. The average Bonchev–Trinajstić information content (AvgIpc) is 3.23. The smallest absolute Gasteiger partial charge is 1.00 e. The van der Waals surface area contributed by atoms with Crippen molar-refractivity contribution >= 4 is 23.0 Å². The normalized spacial score (nSPS) is 14.6. The molecule has 0 amide bonds. The van der Waals surface area contributed by atoms with Crippen molar-refractivity contribution in [1.29, 1.82) is 0 Å². The largest absolute Gasteiger partial charge is 1.00 e. The van der Waals surface area contributed by atoms with Crippen LogP contribution >= 0.6 is 0 Å². The molecule has 5 rings (SSSR count). The molecule has 6 nitrogen and oxygen atoms in total. The van der Waals surface area contributed by atoms with Crippen LogP contribution in [0.1, 0.15) is 31.0 Å². The second kappa shape index (κ2) is 13.4. The van der Waals surface area contributed by atoms with Crippen LogP contribution in [-0.4, -0.2) is 58.3 Å². The number of imidazole rings is 1. The van der Waals surface area contributed by atoms with Crippen LogP contribution in [0.4, 0.5) is 10.3 Å².